The largest absolute Gasteiger partial charge is 0.323 e. The Balaban J connectivity index is 2.02. The number of carbonyl (C=O) groups is 1. The van der Waals surface area contributed by atoms with Crippen molar-refractivity contribution >= 4 is 43.6 Å². The number of amides is 1. The molecule has 1 amide bonds. The molecule has 7 heteroatoms. The van der Waals surface area contributed by atoms with E-state index in [9.17, 15) is 13.2 Å². The number of sulfonamides is 1. The Hall–Kier alpha value is -1.96. The normalized spacial score (nSPS) is 11.6. The number of halogens is 1. The van der Waals surface area contributed by atoms with E-state index in [-0.39, 0.29) is 10.8 Å². The van der Waals surface area contributed by atoms with Crippen molar-refractivity contribution in [3.8, 4) is 0 Å². The van der Waals surface area contributed by atoms with Gasteiger partial charge in [0.05, 0.1) is 4.90 Å². The fourth-order valence-corrected chi connectivity index (χ4v) is 2.76. The molecule has 0 radical (unpaired) electrons. The number of carbonyl (C=O) groups excluding carboxylic acids is 1. The van der Waals surface area contributed by atoms with Gasteiger partial charge in [-0.3, -0.25) is 4.79 Å². The van der Waals surface area contributed by atoms with Gasteiger partial charge >= 0.3 is 0 Å². The minimum Gasteiger partial charge on any atom is -0.323 e. The zero-order valence-electron chi connectivity index (χ0n) is 12.3. The summed E-state index contributed by atoms with van der Waals surface area (Å²) >= 11 is 3.32. The molecule has 2 rings (SSSR count). The lowest BCUT2D eigenvalue weighted by Crippen LogP contribution is -2.18. The van der Waals surface area contributed by atoms with Crippen LogP contribution in [0.1, 0.15) is 5.56 Å². The molecule has 23 heavy (non-hydrogen) atoms. The summed E-state index contributed by atoms with van der Waals surface area (Å²) < 4.78 is 26.4. The van der Waals surface area contributed by atoms with Gasteiger partial charge in [0.25, 0.3) is 0 Å². The van der Waals surface area contributed by atoms with Crippen LogP contribution in [0.2, 0.25) is 0 Å². The molecule has 0 fully saturated rings. The van der Waals surface area contributed by atoms with Gasteiger partial charge in [-0.25, -0.2) is 13.1 Å². The maximum absolute atomic E-state index is 11.8. The van der Waals surface area contributed by atoms with Gasteiger partial charge in [0.1, 0.15) is 0 Å². The molecule has 2 aromatic rings. The number of hydrogen-bond acceptors (Lipinski definition) is 3. The quantitative estimate of drug-likeness (QED) is 0.765. The first kappa shape index (κ1) is 17.4. The summed E-state index contributed by atoms with van der Waals surface area (Å²) in [4.78, 5) is 12.0. The first-order valence-electron chi connectivity index (χ1n) is 6.69. The van der Waals surface area contributed by atoms with E-state index in [0.29, 0.717) is 5.69 Å². The van der Waals surface area contributed by atoms with Gasteiger partial charge in [0.15, 0.2) is 0 Å². The van der Waals surface area contributed by atoms with Crippen LogP contribution in [0.5, 0.6) is 0 Å². The standard InChI is InChI=1S/C16H15BrN2O3S/c1-18-23(21,22)15-9-2-12(3-10-15)4-11-16(20)19-14-7-5-13(17)6-8-14/h2-11,18H,1H3,(H,19,20)/b11-4+. The van der Waals surface area contributed by atoms with Crippen LogP contribution in [0.3, 0.4) is 0 Å². The topological polar surface area (TPSA) is 75.3 Å². The van der Waals surface area contributed by atoms with Crippen molar-refractivity contribution in [3.05, 3.63) is 64.6 Å². The summed E-state index contributed by atoms with van der Waals surface area (Å²) in [5.41, 5.74) is 1.42. The monoisotopic (exact) mass is 394 g/mol. The van der Waals surface area contributed by atoms with Gasteiger partial charge in [-0.2, -0.15) is 0 Å². The third-order valence-corrected chi connectivity index (χ3v) is 4.96. The molecular weight excluding hydrogens is 380 g/mol. The van der Waals surface area contributed by atoms with E-state index in [0.717, 1.165) is 10.0 Å². The van der Waals surface area contributed by atoms with Crippen LogP contribution in [-0.4, -0.2) is 21.4 Å². The molecule has 0 bridgehead atoms. The number of hydrogen-bond donors (Lipinski definition) is 2. The number of rotatable bonds is 5. The predicted octanol–water partition coefficient (Wildman–Crippen LogP) is 3.01. The average molecular weight is 395 g/mol. The second-order valence-electron chi connectivity index (χ2n) is 4.61. The van der Waals surface area contributed by atoms with Crippen LogP contribution in [0.25, 0.3) is 6.08 Å². The zero-order valence-corrected chi connectivity index (χ0v) is 14.7. The van der Waals surface area contributed by atoms with Crippen molar-refractivity contribution < 1.29 is 13.2 Å². The summed E-state index contributed by atoms with van der Waals surface area (Å²) in [5, 5.41) is 2.73. The van der Waals surface area contributed by atoms with Gasteiger partial charge in [0, 0.05) is 16.2 Å². The van der Waals surface area contributed by atoms with E-state index >= 15 is 0 Å². The van der Waals surface area contributed by atoms with Crippen LogP contribution in [0, 0.1) is 0 Å². The molecule has 120 valence electrons. The van der Waals surface area contributed by atoms with Crippen LogP contribution in [0.4, 0.5) is 5.69 Å². The lowest BCUT2D eigenvalue weighted by Gasteiger charge is -2.03. The Kier molecular flexibility index (Phi) is 5.70. The van der Waals surface area contributed by atoms with Crippen molar-refractivity contribution in [3.63, 3.8) is 0 Å². The molecule has 2 aromatic carbocycles. The predicted molar refractivity (Wildman–Crippen MR) is 94.5 cm³/mol. The van der Waals surface area contributed by atoms with Crippen molar-refractivity contribution in [1.82, 2.24) is 4.72 Å². The molecule has 0 aliphatic carbocycles. The Morgan fingerprint density at radius 1 is 1.04 bits per heavy atom. The van der Waals surface area contributed by atoms with E-state index in [1.165, 1.54) is 25.3 Å². The minimum atomic E-state index is -3.45. The molecule has 0 spiro atoms. The van der Waals surface area contributed by atoms with Crippen molar-refractivity contribution in [2.24, 2.45) is 0 Å². The molecule has 0 saturated heterocycles. The Morgan fingerprint density at radius 3 is 2.22 bits per heavy atom. The van der Waals surface area contributed by atoms with Crippen LogP contribution in [-0.2, 0) is 14.8 Å². The fourth-order valence-electron chi connectivity index (χ4n) is 1.77. The fraction of sp³-hybridized carbons (Fsp3) is 0.0625. The highest BCUT2D eigenvalue weighted by atomic mass is 79.9. The Labute approximate surface area is 143 Å². The summed E-state index contributed by atoms with van der Waals surface area (Å²) in [7, 11) is -2.09. The first-order chi connectivity index (χ1) is 10.9. The maximum atomic E-state index is 11.8. The molecule has 0 unspecified atom stereocenters. The molecule has 0 atom stereocenters. The zero-order chi connectivity index (χ0) is 16.9. The van der Waals surface area contributed by atoms with Crippen molar-refractivity contribution in [2.75, 3.05) is 12.4 Å². The van der Waals surface area contributed by atoms with Crippen molar-refractivity contribution in [1.29, 1.82) is 0 Å². The molecule has 0 aliphatic rings. The molecule has 0 aliphatic heterocycles. The lowest BCUT2D eigenvalue weighted by molar-refractivity contribution is -0.111. The van der Waals surface area contributed by atoms with Gasteiger partial charge < -0.3 is 5.32 Å². The number of benzene rings is 2. The Bertz CT molecular complexity index is 813. The summed E-state index contributed by atoms with van der Waals surface area (Å²) in [6.07, 6.45) is 3.01. The van der Waals surface area contributed by atoms with E-state index < -0.39 is 10.0 Å². The SMILES string of the molecule is CNS(=O)(=O)c1ccc(/C=C/C(=O)Nc2ccc(Br)cc2)cc1. The van der Waals surface area contributed by atoms with Gasteiger partial charge in [-0.15, -0.1) is 0 Å². The molecule has 0 heterocycles. The van der Waals surface area contributed by atoms with E-state index in [1.54, 1.807) is 30.3 Å². The molecule has 0 saturated carbocycles. The van der Waals surface area contributed by atoms with Crippen LogP contribution in [0.15, 0.2) is 64.0 Å². The highest BCUT2D eigenvalue weighted by Crippen LogP contribution is 2.14. The van der Waals surface area contributed by atoms with Gasteiger partial charge in [-0.05, 0) is 55.1 Å². The molecule has 5 nitrogen and oxygen atoms in total. The lowest BCUT2D eigenvalue weighted by atomic mass is 10.2. The molecular formula is C16H15BrN2O3S. The summed E-state index contributed by atoms with van der Waals surface area (Å²) in [5.74, 6) is -0.265. The average Bonchev–Trinajstić information content (AvgIpc) is 2.55. The second-order valence-corrected chi connectivity index (χ2v) is 7.41. The Morgan fingerprint density at radius 2 is 1.65 bits per heavy atom. The second kappa shape index (κ2) is 7.54. The number of anilines is 1. The number of nitrogens with one attached hydrogen (secondary N) is 2. The highest BCUT2D eigenvalue weighted by Gasteiger charge is 2.09. The molecule has 0 aromatic heterocycles. The van der Waals surface area contributed by atoms with E-state index in [4.69, 9.17) is 0 Å². The maximum Gasteiger partial charge on any atom is 0.248 e. The smallest absolute Gasteiger partial charge is 0.248 e. The minimum absolute atomic E-state index is 0.177. The van der Waals surface area contributed by atoms with Crippen LogP contribution < -0.4 is 10.0 Å². The van der Waals surface area contributed by atoms with Gasteiger partial charge in [0.2, 0.25) is 15.9 Å². The van der Waals surface area contributed by atoms with Gasteiger partial charge in [-0.1, -0.05) is 28.1 Å². The summed E-state index contributed by atoms with van der Waals surface area (Å²) in [6.45, 7) is 0. The highest BCUT2D eigenvalue weighted by molar-refractivity contribution is 9.10. The first-order valence-corrected chi connectivity index (χ1v) is 8.96. The van der Waals surface area contributed by atoms with Crippen molar-refractivity contribution in [2.45, 2.75) is 4.90 Å². The third-order valence-electron chi connectivity index (χ3n) is 3.00. The van der Waals surface area contributed by atoms with E-state index in [1.807, 2.05) is 12.1 Å². The molecule has 2 N–H and O–H groups in total. The summed E-state index contributed by atoms with van der Waals surface area (Å²) in [6, 6.07) is 13.5. The van der Waals surface area contributed by atoms with Crippen LogP contribution >= 0.6 is 15.9 Å². The van der Waals surface area contributed by atoms with E-state index in [2.05, 4.69) is 26.0 Å². The third kappa shape index (κ3) is 5.02.